The molecule has 0 aliphatic carbocycles. The van der Waals surface area contributed by atoms with Crippen molar-refractivity contribution in [1.29, 1.82) is 5.26 Å². The molecule has 4 aromatic rings. The third-order valence-electron chi connectivity index (χ3n) is 5.18. The number of nitrogens with zero attached hydrogens (tertiary/aromatic N) is 5. The summed E-state index contributed by atoms with van der Waals surface area (Å²) in [5.74, 6) is 0.481. The highest BCUT2D eigenvalue weighted by molar-refractivity contribution is 5.73. The van der Waals surface area contributed by atoms with Gasteiger partial charge in [0.15, 0.2) is 11.2 Å². The number of hydrogen-bond acceptors (Lipinski definition) is 6. The maximum absolute atomic E-state index is 13.4. The van der Waals surface area contributed by atoms with Gasteiger partial charge >= 0.3 is 5.69 Å². The van der Waals surface area contributed by atoms with Crippen LogP contribution in [0, 0.1) is 11.3 Å². The molecule has 0 unspecified atom stereocenters. The van der Waals surface area contributed by atoms with Gasteiger partial charge in [0.05, 0.1) is 43.9 Å². The van der Waals surface area contributed by atoms with Gasteiger partial charge in [-0.2, -0.15) is 5.26 Å². The molecule has 9 nitrogen and oxygen atoms in total. The largest absolute Gasteiger partial charge is 0.495 e. The van der Waals surface area contributed by atoms with Crippen LogP contribution in [0.5, 0.6) is 5.75 Å². The molecule has 0 saturated carbocycles. The van der Waals surface area contributed by atoms with Gasteiger partial charge in [-0.1, -0.05) is 24.3 Å². The van der Waals surface area contributed by atoms with Crippen LogP contribution >= 0.6 is 0 Å². The van der Waals surface area contributed by atoms with Gasteiger partial charge in [0.25, 0.3) is 5.56 Å². The van der Waals surface area contributed by atoms with E-state index in [1.807, 2.05) is 12.1 Å². The Hall–Kier alpha value is -4.16. The first-order chi connectivity index (χ1) is 15.6. The topological polar surface area (TPSA) is 104 Å². The van der Waals surface area contributed by atoms with E-state index in [-0.39, 0.29) is 24.3 Å². The lowest BCUT2D eigenvalue weighted by atomic mass is 10.1. The average molecular weight is 431 g/mol. The molecule has 0 bridgehead atoms. The summed E-state index contributed by atoms with van der Waals surface area (Å²) < 4.78 is 14.8. The van der Waals surface area contributed by atoms with Crippen molar-refractivity contribution in [1.82, 2.24) is 18.7 Å². The first kappa shape index (κ1) is 21.1. The summed E-state index contributed by atoms with van der Waals surface area (Å²) in [6, 6.07) is 16.2. The number of imidazole rings is 1. The van der Waals surface area contributed by atoms with Gasteiger partial charge in [-0.15, -0.1) is 0 Å². The molecule has 0 amide bonds. The van der Waals surface area contributed by atoms with E-state index in [0.717, 1.165) is 10.1 Å². The molecule has 0 aliphatic rings. The Morgan fingerprint density at radius 3 is 2.50 bits per heavy atom. The Bertz CT molecular complexity index is 1420. The number of benzene rings is 2. The molecule has 0 fully saturated rings. The van der Waals surface area contributed by atoms with Crippen LogP contribution in [-0.2, 0) is 17.8 Å². The van der Waals surface area contributed by atoms with Crippen LogP contribution in [0.2, 0.25) is 0 Å². The Morgan fingerprint density at radius 1 is 1.06 bits per heavy atom. The fourth-order valence-electron chi connectivity index (χ4n) is 3.59. The second kappa shape index (κ2) is 8.91. The lowest BCUT2D eigenvalue weighted by molar-refractivity contribution is 0.184. The van der Waals surface area contributed by atoms with E-state index in [9.17, 15) is 9.59 Å². The first-order valence-electron chi connectivity index (χ1n) is 9.91. The highest BCUT2D eigenvalue weighted by Gasteiger charge is 2.21. The second-order valence-electron chi connectivity index (χ2n) is 7.09. The number of nitriles is 1. The number of ether oxygens (including phenoxy) is 2. The molecule has 0 aliphatic heterocycles. The van der Waals surface area contributed by atoms with Crippen LogP contribution in [0.1, 0.15) is 11.1 Å². The zero-order valence-corrected chi connectivity index (χ0v) is 17.7. The van der Waals surface area contributed by atoms with E-state index in [4.69, 9.17) is 14.7 Å². The van der Waals surface area contributed by atoms with Gasteiger partial charge in [0.1, 0.15) is 5.75 Å². The van der Waals surface area contributed by atoms with Gasteiger partial charge in [-0.25, -0.2) is 14.3 Å². The summed E-state index contributed by atoms with van der Waals surface area (Å²) in [6.07, 6.45) is 1.54. The molecule has 0 saturated heterocycles. The molecule has 2 aromatic carbocycles. The summed E-state index contributed by atoms with van der Waals surface area (Å²) in [5.41, 5.74) is 1.49. The second-order valence-corrected chi connectivity index (χ2v) is 7.09. The van der Waals surface area contributed by atoms with Crippen LogP contribution in [0.3, 0.4) is 0 Å². The van der Waals surface area contributed by atoms with E-state index < -0.39 is 11.2 Å². The van der Waals surface area contributed by atoms with Crippen LogP contribution in [0.25, 0.3) is 16.9 Å². The molecule has 9 heteroatoms. The van der Waals surface area contributed by atoms with Gasteiger partial charge in [-0.05, 0) is 29.8 Å². The Kier molecular flexibility index (Phi) is 5.87. The van der Waals surface area contributed by atoms with Crippen LogP contribution in [-0.4, -0.2) is 39.5 Å². The monoisotopic (exact) mass is 431 g/mol. The van der Waals surface area contributed by atoms with Gasteiger partial charge in [-0.3, -0.25) is 9.36 Å². The minimum absolute atomic E-state index is 0.0985. The lowest BCUT2D eigenvalue weighted by Crippen LogP contribution is -2.41. The fourth-order valence-corrected chi connectivity index (χ4v) is 3.59. The Morgan fingerprint density at radius 2 is 1.81 bits per heavy atom. The highest BCUT2D eigenvalue weighted by atomic mass is 16.5. The lowest BCUT2D eigenvalue weighted by Gasteiger charge is -2.14. The normalized spacial score (nSPS) is 10.9. The molecule has 0 atom stereocenters. The summed E-state index contributed by atoms with van der Waals surface area (Å²) >= 11 is 0. The van der Waals surface area contributed by atoms with Gasteiger partial charge < -0.3 is 14.0 Å². The van der Waals surface area contributed by atoms with Gasteiger partial charge in [0.2, 0.25) is 0 Å². The molecule has 32 heavy (non-hydrogen) atoms. The Labute approximate surface area is 183 Å². The number of rotatable bonds is 7. The maximum atomic E-state index is 13.4. The molecule has 2 heterocycles. The van der Waals surface area contributed by atoms with Crippen molar-refractivity contribution in [3.05, 3.63) is 86.8 Å². The van der Waals surface area contributed by atoms with Crippen LogP contribution < -0.4 is 16.0 Å². The summed E-state index contributed by atoms with van der Waals surface area (Å²) in [7, 11) is 3.03. The zero-order chi connectivity index (χ0) is 22.7. The quantitative estimate of drug-likeness (QED) is 0.443. The molecule has 0 N–H and O–H groups in total. The SMILES string of the molecule is COCCn1c(=O)c2c(ncn2Cc2ccc(C#N)cc2)n(-c2ccccc2OC)c1=O. The molecule has 2 aromatic heterocycles. The minimum atomic E-state index is -0.521. The van der Waals surface area contributed by atoms with E-state index >= 15 is 0 Å². The van der Waals surface area contributed by atoms with Crippen molar-refractivity contribution in [3.8, 4) is 17.5 Å². The van der Waals surface area contributed by atoms with Crippen LogP contribution in [0.4, 0.5) is 0 Å². The third-order valence-corrected chi connectivity index (χ3v) is 5.18. The Balaban J connectivity index is 1.96. The molecule has 0 radical (unpaired) electrons. The van der Waals surface area contributed by atoms with Crippen molar-refractivity contribution in [2.75, 3.05) is 20.8 Å². The van der Waals surface area contributed by atoms with Gasteiger partial charge in [0, 0.05) is 13.7 Å². The molecule has 4 rings (SSSR count). The third kappa shape index (κ3) is 3.68. The standard InChI is InChI=1S/C23H21N5O4/c1-31-12-11-27-22(29)20-21(28(23(27)30)18-5-3-4-6-19(18)32-2)25-15-26(20)14-17-9-7-16(13-24)8-10-17/h3-10,15H,11-12,14H2,1-2H3. The predicted molar refractivity (Wildman–Crippen MR) is 118 cm³/mol. The minimum Gasteiger partial charge on any atom is -0.495 e. The van der Waals surface area contributed by atoms with E-state index in [1.165, 1.54) is 25.1 Å². The van der Waals surface area contributed by atoms with Crippen molar-refractivity contribution < 1.29 is 9.47 Å². The predicted octanol–water partition coefficient (Wildman–Crippen LogP) is 1.92. The first-order valence-corrected chi connectivity index (χ1v) is 9.91. The van der Waals surface area contributed by atoms with Crippen molar-refractivity contribution in [3.63, 3.8) is 0 Å². The summed E-state index contributed by atoms with van der Waals surface area (Å²) in [4.78, 5) is 31.1. The summed E-state index contributed by atoms with van der Waals surface area (Å²) in [5, 5.41) is 9.01. The molecular weight excluding hydrogens is 410 g/mol. The maximum Gasteiger partial charge on any atom is 0.337 e. The molecular formula is C23H21N5O4. The molecule has 162 valence electrons. The number of hydrogen-bond donors (Lipinski definition) is 0. The van der Waals surface area contributed by atoms with E-state index in [1.54, 1.807) is 41.0 Å². The van der Waals surface area contributed by atoms with Crippen LogP contribution in [0.15, 0.2) is 64.4 Å². The molecule has 0 spiro atoms. The number of methoxy groups -OCH3 is 2. The number of fused-ring (bicyclic) bond motifs is 1. The zero-order valence-electron chi connectivity index (χ0n) is 17.7. The smallest absolute Gasteiger partial charge is 0.337 e. The average Bonchev–Trinajstić information content (AvgIpc) is 3.23. The van der Waals surface area contributed by atoms with E-state index in [0.29, 0.717) is 23.5 Å². The summed E-state index contributed by atoms with van der Waals surface area (Å²) in [6.45, 7) is 0.656. The highest BCUT2D eigenvalue weighted by Crippen LogP contribution is 2.23. The van der Waals surface area contributed by atoms with Crippen molar-refractivity contribution >= 4 is 11.2 Å². The van der Waals surface area contributed by atoms with Crippen molar-refractivity contribution in [2.24, 2.45) is 0 Å². The number of aromatic nitrogens is 4. The number of para-hydroxylation sites is 2. The van der Waals surface area contributed by atoms with Crippen molar-refractivity contribution in [2.45, 2.75) is 13.1 Å². The fraction of sp³-hybridized carbons (Fsp3) is 0.217. The van der Waals surface area contributed by atoms with E-state index in [2.05, 4.69) is 11.1 Å².